The molecule has 0 bridgehead atoms. The highest BCUT2D eigenvalue weighted by Gasteiger charge is 2.33. The molecule has 0 atom stereocenters. The molecule has 110 valence electrons. The molecule has 0 aromatic carbocycles. The second kappa shape index (κ2) is 5.67. The van der Waals surface area contributed by atoms with E-state index in [9.17, 15) is 9.90 Å². The number of likely N-dealkylation sites (tertiary alicyclic amines) is 1. The van der Waals surface area contributed by atoms with Gasteiger partial charge in [0.1, 0.15) is 5.60 Å². The highest BCUT2D eigenvalue weighted by atomic mass is 16.6. The van der Waals surface area contributed by atoms with E-state index in [4.69, 9.17) is 9.47 Å². The monoisotopic (exact) mass is 271 g/mol. The summed E-state index contributed by atoms with van der Waals surface area (Å²) in [6, 6.07) is 0. The van der Waals surface area contributed by atoms with Gasteiger partial charge in [-0.05, 0) is 46.5 Å². The lowest BCUT2D eigenvalue weighted by Crippen LogP contribution is -2.45. The molecule has 0 aromatic rings. The number of carbonyl (C=O) groups excluding carboxylic acids is 1. The quantitative estimate of drug-likeness (QED) is 0.833. The minimum absolute atomic E-state index is 0.174. The van der Waals surface area contributed by atoms with Crippen LogP contribution in [0.1, 0.15) is 46.5 Å². The molecule has 0 unspecified atom stereocenters. The van der Waals surface area contributed by atoms with E-state index in [0.29, 0.717) is 13.1 Å². The first kappa shape index (κ1) is 14.6. The van der Waals surface area contributed by atoms with Crippen molar-refractivity contribution in [1.82, 2.24) is 4.90 Å². The van der Waals surface area contributed by atoms with Gasteiger partial charge in [-0.1, -0.05) is 0 Å². The fourth-order valence-electron chi connectivity index (χ4n) is 2.42. The molecule has 0 radical (unpaired) electrons. The van der Waals surface area contributed by atoms with Crippen molar-refractivity contribution in [3.05, 3.63) is 0 Å². The molecule has 0 spiro atoms. The molecule has 1 N–H and O–H groups in total. The van der Waals surface area contributed by atoms with Crippen LogP contribution in [0.2, 0.25) is 0 Å². The van der Waals surface area contributed by atoms with Crippen molar-refractivity contribution in [2.75, 3.05) is 13.1 Å². The number of ether oxygens (including phenoxy) is 2. The van der Waals surface area contributed by atoms with Gasteiger partial charge in [-0.15, -0.1) is 0 Å². The summed E-state index contributed by atoms with van der Waals surface area (Å²) in [4.78, 5) is 13.6. The van der Waals surface area contributed by atoms with Crippen LogP contribution in [0.4, 0.5) is 4.79 Å². The van der Waals surface area contributed by atoms with Crippen LogP contribution in [-0.4, -0.2) is 53.1 Å². The van der Waals surface area contributed by atoms with Crippen molar-refractivity contribution < 1.29 is 19.4 Å². The van der Waals surface area contributed by atoms with Gasteiger partial charge in [-0.25, -0.2) is 4.79 Å². The van der Waals surface area contributed by atoms with Gasteiger partial charge in [0.25, 0.3) is 0 Å². The average molecular weight is 271 g/mol. The van der Waals surface area contributed by atoms with Crippen molar-refractivity contribution in [3.63, 3.8) is 0 Å². The van der Waals surface area contributed by atoms with Crippen molar-refractivity contribution in [3.8, 4) is 0 Å². The van der Waals surface area contributed by atoms with Crippen LogP contribution >= 0.6 is 0 Å². The Balaban J connectivity index is 1.68. The first-order valence-electron chi connectivity index (χ1n) is 7.15. The third-order valence-corrected chi connectivity index (χ3v) is 3.55. The van der Waals surface area contributed by atoms with E-state index in [1.54, 1.807) is 4.90 Å². The van der Waals surface area contributed by atoms with Gasteiger partial charge in [0.2, 0.25) is 0 Å². The molecule has 1 heterocycles. The maximum Gasteiger partial charge on any atom is 0.410 e. The summed E-state index contributed by atoms with van der Waals surface area (Å²) in [5.74, 6) is 0. The zero-order valence-corrected chi connectivity index (χ0v) is 12.1. The first-order valence-corrected chi connectivity index (χ1v) is 7.15. The normalized spacial score (nSPS) is 28.9. The second-order valence-electron chi connectivity index (χ2n) is 6.55. The molecule has 1 aliphatic carbocycles. The molecular weight excluding hydrogens is 246 g/mol. The van der Waals surface area contributed by atoms with Crippen molar-refractivity contribution in [1.29, 1.82) is 0 Å². The molecule has 1 saturated heterocycles. The zero-order valence-electron chi connectivity index (χ0n) is 12.1. The smallest absolute Gasteiger partial charge is 0.410 e. The molecule has 0 aromatic heterocycles. The SMILES string of the molecule is CC(C)(C)OC(=O)N1CCC(O[C@H]2C[C@H](O)C2)CC1. The highest BCUT2D eigenvalue weighted by Crippen LogP contribution is 2.27. The average Bonchev–Trinajstić information content (AvgIpc) is 2.25. The molecular formula is C14H25NO4. The lowest BCUT2D eigenvalue weighted by atomic mass is 9.92. The summed E-state index contributed by atoms with van der Waals surface area (Å²) < 4.78 is 11.2. The maximum absolute atomic E-state index is 11.9. The van der Waals surface area contributed by atoms with E-state index in [-0.39, 0.29) is 24.4 Å². The van der Waals surface area contributed by atoms with Crippen LogP contribution in [0.5, 0.6) is 0 Å². The van der Waals surface area contributed by atoms with E-state index >= 15 is 0 Å². The summed E-state index contributed by atoms with van der Waals surface area (Å²) >= 11 is 0. The fraction of sp³-hybridized carbons (Fsp3) is 0.929. The Labute approximate surface area is 114 Å². The molecule has 2 rings (SSSR count). The maximum atomic E-state index is 11.9. The molecule has 5 nitrogen and oxygen atoms in total. The van der Waals surface area contributed by atoms with Gasteiger partial charge in [0.05, 0.1) is 18.3 Å². The van der Waals surface area contributed by atoms with Crippen LogP contribution < -0.4 is 0 Å². The van der Waals surface area contributed by atoms with E-state index in [1.807, 2.05) is 20.8 Å². The van der Waals surface area contributed by atoms with Gasteiger partial charge in [-0.3, -0.25) is 0 Å². The number of piperidine rings is 1. The largest absolute Gasteiger partial charge is 0.444 e. The number of hydrogen-bond acceptors (Lipinski definition) is 4. The second-order valence-corrected chi connectivity index (χ2v) is 6.55. The van der Waals surface area contributed by atoms with Gasteiger partial charge in [0, 0.05) is 13.1 Å². The zero-order chi connectivity index (χ0) is 14.0. The van der Waals surface area contributed by atoms with Crippen LogP contribution in [0.15, 0.2) is 0 Å². The molecule has 2 fully saturated rings. The Kier molecular flexibility index (Phi) is 4.36. The molecule has 2 aliphatic rings. The Morgan fingerprint density at radius 2 is 1.74 bits per heavy atom. The summed E-state index contributed by atoms with van der Waals surface area (Å²) in [5.41, 5.74) is -0.438. The summed E-state index contributed by atoms with van der Waals surface area (Å²) in [5, 5.41) is 9.22. The van der Waals surface area contributed by atoms with E-state index in [2.05, 4.69) is 0 Å². The topological polar surface area (TPSA) is 59.0 Å². The lowest BCUT2D eigenvalue weighted by Gasteiger charge is -2.38. The molecule has 19 heavy (non-hydrogen) atoms. The van der Waals surface area contributed by atoms with Crippen LogP contribution in [0.3, 0.4) is 0 Å². The third kappa shape index (κ3) is 4.35. The number of aliphatic hydroxyl groups is 1. The van der Waals surface area contributed by atoms with E-state index in [1.165, 1.54) is 0 Å². The Bertz CT molecular complexity index is 312. The third-order valence-electron chi connectivity index (χ3n) is 3.55. The van der Waals surface area contributed by atoms with Crippen LogP contribution in [0, 0.1) is 0 Å². The minimum atomic E-state index is -0.438. The fourth-order valence-corrected chi connectivity index (χ4v) is 2.42. The molecule has 5 heteroatoms. The van der Waals surface area contributed by atoms with Crippen molar-refractivity contribution in [2.45, 2.75) is 70.4 Å². The predicted octanol–water partition coefficient (Wildman–Crippen LogP) is 1.93. The van der Waals surface area contributed by atoms with Gasteiger partial charge < -0.3 is 19.5 Å². The number of aliphatic hydroxyl groups excluding tert-OH is 1. The Morgan fingerprint density at radius 3 is 2.21 bits per heavy atom. The van der Waals surface area contributed by atoms with E-state index in [0.717, 1.165) is 25.7 Å². The number of hydrogen-bond donors (Lipinski definition) is 1. The number of carbonyl (C=O) groups is 1. The van der Waals surface area contributed by atoms with Gasteiger partial charge in [-0.2, -0.15) is 0 Å². The molecule has 1 amide bonds. The van der Waals surface area contributed by atoms with Crippen LogP contribution in [0.25, 0.3) is 0 Å². The highest BCUT2D eigenvalue weighted by molar-refractivity contribution is 5.68. The van der Waals surface area contributed by atoms with Crippen LogP contribution in [-0.2, 0) is 9.47 Å². The Hall–Kier alpha value is -0.810. The summed E-state index contributed by atoms with van der Waals surface area (Å²) in [6.07, 6.45) is 3.25. The van der Waals surface area contributed by atoms with E-state index < -0.39 is 5.60 Å². The summed E-state index contributed by atoms with van der Waals surface area (Å²) in [6.45, 7) is 7.01. The van der Waals surface area contributed by atoms with Gasteiger partial charge >= 0.3 is 6.09 Å². The Morgan fingerprint density at radius 1 is 1.16 bits per heavy atom. The van der Waals surface area contributed by atoms with Crippen molar-refractivity contribution >= 4 is 6.09 Å². The number of nitrogens with zero attached hydrogens (tertiary/aromatic N) is 1. The predicted molar refractivity (Wildman–Crippen MR) is 70.9 cm³/mol. The number of amides is 1. The molecule has 1 saturated carbocycles. The first-order chi connectivity index (χ1) is 8.83. The minimum Gasteiger partial charge on any atom is -0.444 e. The van der Waals surface area contributed by atoms with Gasteiger partial charge in [0.15, 0.2) is 0 Å². The van der Waals surface area contributed by atoms with Crippen molar-refractivity contribution in [2.24, 2.45) is 0 Å². The lowest BCUT2D eigenvalue weighted by molar-refractivity contribution is -0.116. The number of rotatable bonds is 2. The molecule has 1 aliphatic heterocycles. The standard InChI is InChI=1S/C14H25NO4/c1-14(2,3)19-13(17)15-6-4-11(5-7-15)18-12-8-10(16)9-12/h10-12,16H,4-9H2,1-3H3/t10-,12-. The summed E-state index contributed by atoms with van der Waals surface area (Å²) in [7, 11) is 0.